The molecule has 1 aliphatic carbocycles. The van der Waals surface area contributed by atoms with Crippen LogP contribution in [-0.2, 0) is 16.9 Å². The highest BCUT2D eigenvalue weighted by Crippen LogP contribution is 2.46. The average molecular weight is 226 g/mol. The number of aryl methyl sites for hydroxylation is 1. The normalized spacial score (nSPS) is 18.9. The standard InChI is InChI=1S/C11H18N2OS/c1-8-9(7-12-2)15-10(13-8)11(14-3)5-4-6-11/h12H,4-7H2,1-3H3. The third-order valence-electron chi connectivity index (χ3n) is 3.17. The lowest BCUT2D eigenvalue weighted by Crippen LogP contribution is -2.35. The minimum Gasteiger partial charge on any atom is -0.371 e. The van der Waals surface area contributed by atoms with E-state index < -0.39 is 0 Å². The van der Waals surface area contributed by atoms with Crippen LogP contribution in [-0.4, -0.2) is 19.1 Å². The first-order valence-electron chi connectivity index (χ1n) is 5.38. The maximum absolute atomic E-state index is 5.63. The van der Waals surface area contributed by atoms with Crippen LogP contribution in [0.25, 0.3) is 0 Å². The van der Waals surface area contributed by atoms with Gasteiger partial charge in [0.05, 0.1) is 5.69 Å². The molecule has 0 aliphatic heterocycles. The lowest BCUT2D eigenvalue weighted by atomic mass is 9.80. The van der Waals surface area contributed by atoms with E-state index in [1.165, 1.54) is 16.3 Å². The topological polar surface area (TPSA) is 34.1 Å². The SMILES string of the molecule is CNCc1sc(C2(OC)CCC2)nc1C. The first kappa shape index (κ1) is 11.0. The fraction of sp³-hybridized carbons (Fsp3) is 0.727. The highest BCUT2D eigenvalue weighted by Gasteiger charge is 2.41. The quantitative estimate of drug-likeness (QED) is 0.854. The van der Waals surface area contributed by atoms with Crippen molar-refractivity contribution in [3.05, 3.63) is 15.6 Å². The van der Waals surface area contributed by atoms with Crippen molar-refractivity contribution in [1.82, 2.24) is 10.3 Å². The van der Waals surface area contributed by atoms with Crippen LogP contribution in [0.2, 0.25) is 0 Å². The Bertz CT molecular complexity index is 339. The molecular weight excluding hydrogens is 208 g/mol. The molecule has 1 aromatic rings. The maximum Gasteiger partial charge on any atom is 0.125 e. The summed E-state index contributed by atoms with van der Waals surface area (Å²) in [5.74, 6) is 0. The smallest absolute Gasteiger partial charge is 0.125 e. The van der Waals surface area contributed by atoms with Crippen molar-refractivity contribution >= 4 is 11.3 Å². The summed E-state index contributed by atoms with van der Waals surface area (Å²) < 4.78 is 5.63. The number of ether oxygens (including phenoxy) is 1. The fourth-order valence-corrected chi connectivity index (χ4v) is 3.25. The third-order valence-corrected chi connectivity index (χ3v) is 4.51. The molecule has 0 atom stereocenters. The van der Waals surface area contributed by atoms with Crippen LogP contribution < -0.4 is 5.32 Å². The third kappa shape index (κ3) is 1.82. The number of rotatable bonds is 4. The number of nitrogens with zero attached hydrogens (tertiary/aromatic N) is 1. The molecule has 1 aromatic heterocycles. The Balaban J connectivity index is 2.25. The van der Waals surface area contributed by atoms with Crippen molar-refractivity contribution in [3.8, 4) is 0 Å². The average Bonchev–Trinajstić information content (AvgIpc) is 2.48. The monoisotopic (exact) mass is 226 g/mol. The predicted molar refractivity (Wildman–Crippen MR) is 62.2 cm³/mol. The van der Waals surface area contributed by atoms with Crippen LogP contribution in [0.15, 0.2) is 0 Å². The summed E-state index contributed by atoms with van der Waals surface area (Å²) in [4.78, 5) is 5.98. The van der Waals surface area contributed by atoms with Gasteiger partial charge in [0.1, 0.15) is 10.6 Å². The largest absolute Gasteiger partial charge is 0.371 e. The van der Waals surface area contributed by atoms with Crippen molar-refractivity contribution in [2.75, 3.05) is 14.2 Å². The number of nitrogens with one attached hydrogen (secondary N) is 1. The van der Waals surface area contributed by atoms with Gasteiger partial charge in [-0.2, -0.15) is 0 Å². The van der Waals surface area contributed by atoms with Crippen molar-refractivity contribution in [1.29, 1.82) is 0 Å². The Morgan fingerprint density at radius 3 is 2.73 bits per heavy atom. The van der Waals surface area contributed by atoms with Crippen molar-refractivity contribution < 1.29 is 4.74 Å². The molecule has 1 saturated carbocycles. The summed E-state index contributed by atoms with van der Waals surface area (Å²) in [7, 11) is 3.77. The molecule has 3 nitrogen and oxygen atoms in total. The van der Waals surface area contributed by atoms with E-state index in [2.05, 4.69) is 17.2 Å². The van der Waals surface area contributed by atoms with Crippen LogP contribution in [0.4, 0.5) is 0 Å². The van der Waals surface area contributed by atoms with Gasteiger partial charge in [0, 0.05) is 18.5 Å². The van der Waals surface area contributed by atoms with E-state index in [9.17, 15) is 0 Å². The van der Waals surface area contributed by atoms with Gasteiger partial charge in [0.2, 0.25) is 0 Å². The Hall–Kier alpha value is -0.450. The molecule has 0 bridgehead atoms. The predicted octanol–water partition coefficient (Wildman–Crippen LogP) is 2.20. The fourth-order valence-electron chi connectivity index (χ4n) is 1.95. The van der Waals surface area contributed by atoms with Crippen molar-refractivity contribution in [3.63, 3.8) is 0 Å². The van der Waals surface area contributed by atoms with Crippen LogP contribution in [0, 0.1) is 6.92 Å². The van der Waals surface area contributed by atoms with Crippen LogP contribution >= 0.6 is 11.3 Å². The highest BCUT2D eigenvalue weighted by atomic mass is 32.1. The molecule has 0 radical (unpaired) electrons. The highest BCUT2D eigenvalue weighted by molar-refractivity contribution is 7.11. The summed E-state index contributed by atoms with van der Waals surface area (Å²) in [6.45, 7) is 2.98. The lowest BCUT2D eigenvalue weighted by molar-refractivity contribution is -0.0780. The molecular formula is C11H18N2OS. The number of methoxy groups -OCH3 is 1. The second kappa shape index (κ2) is 4.20. The number of aromatic nitrogens is 1. The minimum atomic E-state index is -0.0541. The zero-order valence-corrected chi connectivity index (χ0v) is 10.4. The van der Waals surface area contributed by atoms with Gasteiger partial charge < -0.3 is 10.1 Å². The molecule has 0 spiro atoms. The molecule has 0 aromatic carbocycles. The molecule has 15 heavy (non-hydrogen) atoms. The number of hydrogen-bond donors (Lipinski definition) is 1. The molecule has 2 rings (SSSR count). The van der Waals surface area contributed by atoms with Gasteiger partial charge in [-0.25, -0.2) is 4.98 Å². The van der Waals surface area contributed by atoms with E-state index in [1.54, 1.807) is 18.4 Å². The number of thiazole rings is 1. The molecule has 0 amide bonds. The Labute approximate surface area is 94.9 Å². The van der Waals surface area contributed by atoms with Gasteiger partial charge in [-0.3, -0.25) is 0 Å². The van der Waals surface area contributed by atoms with Gasteiger partial charge in [0.25, 0.3) is 0 Å². The molecule has 1 aliphatic rings. The summed E-state index contributed by atoms with van der Waals surface area (Å²) in [5.41, 5.74) is 1.09. The van der Waals surface area contributed by atoms with E-state index in [0.717, 1.165) is 25.1 Å². The van der Waals surface area contributed by atoms with E-state index in [1.807, 2.05) is 7.05 Å². The van der Waals surface area contributed by atoms with E-state index in [4.69, 9.17) is 4.74 Å². The van der Waals surface area contributed by atoms with Crippen molar-refractivity contribution in [2.24, 2.45) is 0 Å². The molecule has 0 saturated heterocycles. The Morgan fingerprint density at radius 2 is 2.27 bits per heavy atom. The first-order valence-corrected chi connectivity index (χ1v) is 6.20. The van der Waals surface area contributed by atoms with E-state index >= 15 is 0 Å². The summed E-state index contributed by atoms with van der Waals surface area (Å²) >= 11 is 1.79. The van der Waals surface area contributed by atoms with Crippen LogP contribution in [0.5, 0.6) is 0 Å². The number of hydrogen-bond acceptors (Lipinski definition) is 4. The Kier molecular flexibility index (Phi) is 3.09. The van der Waals surface area contributed by atoms with Crippen LogP contribution in [0.3, 0.4) is 0 Å². The zero-order valence-electron chi connectivity index (χ0n) is 9.59. The maximum atomic E-state index is 5.63. The van der Waals surface area contributed by atoms with Crippen LogP contribution in [0.1, 0.15) is 34.8 Å². The first-order chi connectivity index (χ1) is 7.22. The zero-order chi connectivity index (χ0) is 10.9. The summed E-state index contributed by atoms with van der Waals surface area (Å²) in [6.07, 6.45) is 3.50. The minimum absolute atomic E-state index is 0.0541. The second-order valence-electron chi connectivity index (χ2n) is 4.11. The Morgan fingerprint density at radius 1 is 1.53 bits per heavy atom. The summed E-state index contributed by atoms with van der Waals surface area (Å²) in [5, 5.41) is 4.34. The lowest BCUT2D eigenvalue weighted by Gasteiger charge is -2.38. The summed E-state index contributed by atoms with van der Waals surface area (Å²) in [6, 6.07) is 0. The molecule has 4 heteroatoms. The molecule has 1 fully saturated rings. The van der Waals surface area contributed by atoms with Gasteiger partial charge in [-0.05, 0) is 33.2 Å². The molecule has 84 valence electrons. The molecule has 0 unspecified atom stereocenters. The van der Waals surface area contributed by atoms with Gasteiger partial charge in [-0.1, -0.05) is 0 Å². The molecule has 1 heterocycles. The van der Waals surface area contributed by atoms with E-state index in [-0.39, 0.29) is 5.60 Å². The van der Waals surface area contributed by atoms with Gasteiger partial charge in [-0.15, -0.1) is 11.3 Å². The molecule has 1 N–H and O–H groups in total. The van der Waals surface area contributed by atoms with Gasteiger partial charge >= 0.3 is 0 Å². The second-order valence-corrected chi connectivity index (χ2v) is 5.19. The van der Waals surface area contributed by atoms with E-state index in [0.29, 0.717) is 0 Å². The van der Waals surface area contributed by atoms with Gasteiger partial charge in [0.15, 0.2) is 0 Å². The van der Waals surface area contributed by atoms with Crippen molar-refractivity contribution in [2.45, 2.75) is 38.3 Å².